The van der Waals surface area contributed by atoms with Gasteiger partial charge >= 0.3 is 0 Å². The van der Waals surface area contributed by atoms with Crippen molar-refractivity contribution in [1.82, 2.24) is 15.1 Å². The molecule has 34 heavy (non-hydrogen) atoms. The average Bonchev–Trinajstić information content (AvgIpc) is 3.20. The van der Waals surface area contributed by atoms with Crippen LogP contribution in [0.3, 0.4) is 0 Å². The highest BCUT2D eigenvalue weighted by atomic mass is 16.5. The lowest BCUT2D eigenvalue weighted by atomic mass is 10.0. The normalized spacial score (nSPS) is 25.4. The molecule has 0 spiro atoms. The molecule has 1 unspecified atom stereocenters. The molecule has 2 aromatic carbocycles. The summed E-state index contributed by atoms with van der Waals surface area (Å²) in [5, 5.41) is 2.43. The van der Waals surface area contributed by atoms with Gasteiger partial charge in [0.25, 0.3) is 5.91 Å². The van der Waals surface area contributed by atoms with Crippen molar-refractivity contribution in [3.05, 3.63) is 77.0 Å². The van der Waals surface area contributed by atoms with E-state index in [1.807, 2.05) is 24.3 Å². The van der Waals surface area contributed by atoms with Gasteiger partial charge in [-0.3, -0.25) is 14.4 Å². The van der Waals surface area contributed by atoms with Gasteiger partial charge in [-0.2, -0.15) is 0 Å². The minimum Gasteiger partial charge on any atom is -0.489 e. The minimum atomic E-state index is -2.45. The van der Waals surface area contributed by atoms with E-state index in [4.69, 9.17) is 13.6 Å². The van der Waals surface area contributed by atoms with Gasteiger partial charge in [0.15, 0.2) is 0 Å². The molecule has 3 amide bonds. The van der Waals surface area contributed by atoms with E-state index in [9.17, 15) is 14.4 Å². The Morgan fingerprint density at radius 2 is 1.97 bits per heavy atom. The Balaban J connectivity index is 1.29. The van der Waals surface area contributed by atoms with Gasteiger partial charge in [0.1, 0.15) is 25.0 Å². The van der Waals surface area contributed by atoms with E-state index in [0.717, 1.165) is 16.0 Å². The molecule has 1 N–H and O–H groups in total. The summed E-state index contributed by atoms with van der Waals surface area (Å²) < 4.78 is 36.7. The lowest BCUT2D eigenvalue weighted by Crippen LogP contribution is -2.49. The summed E-state index contributed by atoms with van der Waals surface area (Å²) in [7, 11) is 0. The van der Waals surface area contributed by atoms with Crippen LogP contribution in [0, 0.1) is 0 Å². The zero-order valence-corrected chi connectivity index (χ0v) is 18.6. The van der Waals surface area contributed by atoms with E-state index < -0.39 is 24.2 Å². The summed E-state index contributed by atoms with van der Waals surface area (Å²) in [5.74, 6) is -1.11. The molecule has 3 aliphatic rings. The van der Waals surface area contributed by atoms with Crippen molar-refractivity contribution in [3.63, 3.8) is 0 Å². The van der Waals surface area contributed by atoms with Crippen molar-refractivity contribution in [2.75, 3.05) is 19.8 Å². The lowest BCUT2D eigenvalue weighted by molar-refractivity contribution is -0.143. The maximum absolute atomic E-state index is 13.2. The van der Waals surface area contributed by atoms with Gasteiger partial charge in [-0.15, -0.1) is 0 Å². The van der Waals surface area contributed by atoms with Gasteiger partial charge in [0.05, 0.1) is 14.5 Å². The predicted molar refractivity (Wildman–Crippen MR) is 124 cm³/mol. The van der Waals surface area contributed by atoms with Gasteiger partial charge < -0.3 is 24.6 Å². The zero-order chi connectivity index (χ0) is 26.4. The molecule has 0 bridgehead atoms. The molecule has 3 heterocycles. The molecule has 3 aliphatic heterocycles. The smallest absolute Gasteiger partial charge is 0.255 e. The van der Waals surface area contributed by atoms with Crippen LogP contribution in [0.25, 0.3) is 0 Å². The van der Waals surface area contributed by atoms with Crippen LogP contribution < -0.4 is 10.1 Å². The molecule has 8 nitrogen and oxygen atoms in total. The topological polar surface area (TPSA) is 88.2 Å². The van der Waals surface area contributed by atoms with Crippen LogP contribution in [-0.2, 0) is 34.0 Å². The number of fused-ring (bicyclic) bond motifs is 1. The quantitative estimate of drug-likeness (QED) is 0.709. The molecule has 0 saturated carbocycles. The Hall–Kier alpha value is -3.65. The first kappa shape index (κ1) is 18.7. The second-order valence-corrected chi connectivity index (χ2v) is 8.41. The Morgan fingerprint density at radius 3 is 2.74 bits per heavy atom. The van der Waals surface area contributed by atoms with E-state index >= 15 is 0 Å². The summed E-state index contributed by atoms with van der Waals surface area (Å²) in [6.07, 6.45) is -2.58. The molecule has 2 fully saturated rings. The highest BCUT2D eigenvalue weighted by molar-refractivity contribution is 6.02. The number of benzene rings is 2. The third-order valence-corrected chi connectivity index (χ3v) is 6.04. The number of hydrogen-bond acceptors (Lipinski definition) is 5. The molecular weight excluding hydrogens is 434 g/mol. The average molecular weight is 465 g/mol. The molecule has 2 saturated heterocycles. The van der Waals surface area contributed by atoms with Crippen molar-refractivity contribution in [1.29, 1.82) is 0 Å². The zero-order valence-electron chi connectivity index (χ0n) is 21.6. The highest BCUT2D eigenvalue weighted by Crippen LogP contribution is 2.34. The van der Waals surface area contributed by atoms with Crippen molar-refractivity contribution in [2.45, 2.75) is 38.5 Å². The molecule has 0 radical (unpaired) electrons. The predicted octanol–water partition coefficient (Wildman–Crippen LogP) is 2.37. The first-order valence-corrected chi connectivity index (χ1v) is 11.1. The molecule has 1 atom stereocenters. The number of piperidine rings is 1. The number of rotatable bonds is 6. The van der Waals surface area contributed by atoms with E-state index in [2.05, 4.69) is 11.9 Å². The number of nitrogens with zero attached hydrogens (tertiary/aromatic N) is 2. The fourth-order valence-corrected chi connectivity index (χ4v) is 4.21. The summed E-state index contributed by atoms with van der Waals surface area (Å²) >= 11 is 0. The first-order chi connectivity index (χ1) is 17.6. The number of amides is 3. The van der Waals surface area contributed by atoms with Crippen LogP contribution >= 0.6 is 0 Å². The summed E-state index contributed by atoms with van der Waals surface area (Å²) in [4.78, 5) is 40.6. The maximum Gasteiger partial charge on any atom is 0.255 e. The molecule has 5 rings (SSSR count). The van der Waals surface area contributed by atoms with Gasteiger partial charge in [-0.25, -0.2) is 0 Å². The number of allylic oxidation sites excluding steroid dienone is 1. The molecule has 8 heteroatoms. The van der Waals surface area contributed by atoms with Crippen LogP contribution in [0.1, 0.15) is 44.0 Å². The summed E-state index contributed by atoms with van der Waals surface area (Å²) in [6, 6.07) is 10.2. The number of nitrogens with one attached hydrogen (secondary N) is 1. The number of ether oxygens (including phenoxy) is 2. The Labute approximate surface area is 202 Å². The van der Waals surface area contributed by atoms with E-state index in [1.165, 1.54) is 0 Å². The second-order valence-electron chi connectivity index (χ2n) is 8.41. The van der Waals surface area contributed by atoms with Crippen LogP contribution in [0.4, 0.5) is 0 Å². The Bertz CT molecular complexity index is 1280. The van der Waals surface area contributed by atoms with Gasteiger partial charge in [-0.05, 0) is 36.1 Å². The van der Waals surface area contributed by atoms with Crippen LogP contribution in [0.5, 0.6) is 5.75 Å². The fourth-order valence-electron chi connectivity index (χ4n) is 4.21. The van der Waals surface area contributed by atoms with E-state index in [0.29, 0.717) is 31.0 Å². The first-order valence-electron chi connectivity index (χ1n) is 12.6. The maximum atomic E-state index is 13.2. The lowest BCUT2D eigenvalue weighted by Gasteiger charge is -2.31. The number of hydrogen-bond donors (Lipinski definition) is 1. The van der Waals surface area contributed by atoms with E-state index in [1.54, 1.807) is 23.1 Å². The molecule has 2 aromatic rings. The molecule has 176 valence electrons. The Kier molecular flexibility index (Phi) is 5.13. The number of morpholine rings is 1. The Morgan fingerprint density at radius 1 is 1.18 bits per heavy atom. The summed E-state index contributed by atoms with van der Waals surface area (Å²) in [5.41, 5.74) is 2.84. The van der Waals surface area contributed by atoms with Crippen molar-refractivity contribution in [2.24, 2.45) is 0 Å². The number of carbonyl (C=O) groups excluding carboxylic acids is 3. The fraction of sp³-hybridized carbons (Fsp3) is 0.346. The van der Waals surface area contributed by atoms with Gasteiger partial charge in [-0.1, -0.05) is 36.9 Å². The van der Waals surface area contributed by atoms with Crippen LogP contribution in [0.15, 0.2) is 54.7 Å². The largest absolute Gasteiger partial charge is 0.489 e. The second kappa shape index (κ2) is 9.30. The summed E-state index contributed by atoms with van der Waals surface area (Å²) in [6.45, 7) is 5.43. The van der Waals surface area contributed by atoms with Crippen molar-refractivity contribution < 1.29 is 28.0 Å². The molecule has 0 aromatic heterocycles. The van der Waals surface area contributed by atoms with Crippen LogP contribution in [0.2, 0.25) is 0 Å². The molecular formula is C26H27N3O5. The van der Waals surface area contributed by atoms with Crippen LogP contribution in [-0.4, -0.2) is 53.3 Å². The number of carbonyl (C=O) groups is 3. The SMILES string of the molecule is [2H]C1([2H])CC(=C)NC(=O)C1([2H])N1Cc2c(OCc3ccc(CN4CCOCC4=O)cc3)cccc2C1=O. The molecule has 0 aliphatic carbocycles. The monoisotopic (exact) mass is 464 g/mol. The standard InChI is InChI=1S/C26H27N3O5/c1-17-5-10-22(25(31)27-17)29-14-21-20(26(29)32)3-2-4-23(21)34-15-19-8-6-18(7-9-19)13-28-11-12-33-16-24(28)30/h2-4,6-9,22H,1,5,10-16H2,(H,27,31)/i10D2,22D. The van der Waals surface area contributed by atoms with E-state index in [-0.39, 0.29) is 43.3 Å². The third-order valence-electron chi connectivity index (χ3n) is 6.04. The highest BCUT2D eigenvalue weighted by Gasteiger charge is 2.39. The van der Waals surface area contributed by atoms with Gasteiger partial charge in [0.2, 0.25) is 11.8 Å². The minimum absolute atomic E-state index is 0.0293. The van der Waals surface area contributed by atoms with Crippen molar-refractivity contribution in [3.8, 4) is 5.75 Å². The van der Waals surface area contributed by atoms with Gasteiger partial charge in [0, 0.05) is 32.7 Å². The third kappa shape index (κ3) is 4.41. The van der Waals surface area contributed by atoms with Crippen molar-refractivity contribution >= 4 is 17.7 Å².